The Morgan fingerprint density at radius 3 is 1.51 bits per heavy atom. The van der Waals surface area contributed by atoms with Crippen molar-refractivity contribution in [3.63, 3.8) is 0 Å². The van der Waals surface area contributed by atoms with Crippen LogP contribution in [0.2, 0.25) is 12.6 Å². The summed E-state index contributed by atoms with van der Waals surface area (Å²) in [5.41, 5.74) is 2.84. The topological polar surface area (TPSA) is 0 Å². The third-order valence-corrected chi connectivity index (χ3v) is 19.3. The van der Waals surface area contributed by atoms with Crippen molar-refractivity contribution in [2.24, 2.45) is 0 Å². The Morgan fingerprint density at radius 2 is 1.02 bits per heavy atom. The fourth-order valence-electron chi connectivity index (χ4n) is 5.91. The van der Waals surface area contributed by atoms with Gasteiger partial charge in [-0.1, -0.05) is 45.4 Å². The summed E-state index contributed by atoms with van der Waals surface area (Å²) in [7, 11) is 0. The van der Waals surface area contributed by atoms with Crippen LogP contribution in [0.5, 0.6) is 0 Å². The van der Waals surface area contributed by atoms with Crippen molar-refractivity contribution < 1.29 is 55.6 Å². The number of hydrogen-bond donors (Lipinski definition) is 0. The Bertz CT molecular complexity index is 948. The number of allylic oxidation sites excluding steroid dienone is 4. The Labute approximate surface area is 281 Å². The van der Waals surface area contributed by atoms with Crippen molar-refractivity contribution in [3.8, 4) is 0 Å². The minimum atomic E-state index is -1.40. The molecule has 0 nitrogen and oxygen atoms in total. The van der Waals surface area contributed by atoms with Gasteiger partial charge in [0.1, 0.15) is 0 Å². The van der Waals surface area contributed by atoms with Crippen LogP contribution in [0.15, 0.2) is 76.7 Å². The van der Waals surface area contributed by atoms with Gasteiger partial charge in [-0.15, -0.1) is 0 Å². The van der Waals surface area contributed by atoms with E-state index in [4.69, 9.17) is 0 Å². The number of halogens is 3. The Morgan fingerprint density at radius 1 is 0.585 bits per heavy atom. The number of benzene rings is 2. The molecule has 2 aromatic carbocycles. The van der Waals surface area contributed by atoms with E-state index in [2.05, 4.69) is 86.3 Å². The molecule has 0 N–H and O–H groups in total. The van der Waals surface area contributed by atoms with Crippen LogP contribution in [0.3, 0.4) is 0 Å². The molecule has 0 aromatic heterocycles. The SMILES string of the molecule is CCCCCCCCCCCCCCCCCC[Si](C)([Ti+3][C]1=CC(c2ccccc2)=CC1)c1ccccc1.[Cl-].[Cl-].[Cl-]. The predicted octanol–water partition coefficient (Wildman–Crippen LogP) is 2.20. The fourth-order valence-corrected chi connectivity index (χ4v) is 16.6. The Hall–Kier alpha value is -0.279. The van der Waals surface area contributed by atoms with E-state index in [0.717, 1.165) is 0 Å². The van der Waals surface area contributed by atoms with Crippen molar-refractivity contribution in [1.29, 1.82) is 0 Å². The number of unbranched alkanes of at least 4 members (excludes halogenated alkanes) is 15. The normalized spacial score (nSPS) is 13.5. The monoisotopic (exact) mass is 667 g/mol. The first-order valence-electron chi connectivity index (χ1n) is 16.0. The minimum Gasteiger partial charge on any atom is -1.00 e. The van der Waals surface area contributed by atoms with E-state index < -0.39 is 5.94 Å². The van der Waals surface area contributed by atoms with Gasteiger partial charge in [-0.05, 0) is 0 Å². The maximum atomic E-state index is 2.70. The second kappa shape index (κ2) is 25.1. The first-order valence-corrected chi connectivity index (χ1v) is 21.8. The molecule has 0 fully saturated rings. The molecule has 2 aromatic rings. The molecule has 1 atom stereocenters. The molecule has 1 unspecified atom stereocenters. The summed E-state index contributed by atoms with van der Waals surface area (Å²) >= 11 is -0.0921. The number of rotatable bonds is 21. The number of hydrogen-bond acceptors (Lipinski definition) is 0. The molecule has 0 spiro atoms. The van der Waals surface area contributed by atoms with Crippen LogP contribution in [0.4, 0.5) is 0 Å². The molecule has 5 heteroatoms. The van der Waals surface area contributed by atoms with E-state index in [0.29, 0.717) is 0 Å². The van der Waals surface area contributed by atoms with Crippen LogP contribution in [0, 0.1) is 0 Å². The Balaban J connectivity index is 0.00000533. The average molecular weight is 669 g/mol. The van der Waals surface area contributed by atoms with Gasteiger partial charge in [-0.25, -0.2) is 0 Å². The quantitative estimate of drug-likeness (QED) is 0.142. The summed E-state index contributed by atoms with van der Waals surface area (Å²) in [4.78, 5) is 0. The zero-order valence-electron chi connectivity index (χ0n) is 25.8. The first-order chi connectivity index (χ1) is 18.7. The molecule has 0 radical (unpaired) electrons. The molecule has 3 rings (SSSR count). The average Bonchev–Trinajstić information content (AvgIpc) is 3.42. The van der Waals surface area contributed by atoms with Crippen molar-refractivity contribution in [2.75, 3.05) is 0 Å². The molecule has 1 aliphatic carbocycles. The van der Waals surface area contributed by atoms with E-state index >= 15 is 0 Å². The van der Waals surface area contributed by atoms with Crippen LogP contribution in [0.1, 0.15) is 122 Å². The maximum absolute atomic E-state index is 2.70. The molecule has 0 amide bonds. The van der Waals surface area contributed by atoms with E-state index in [1.807, 2.05) is 0 Å². The molecular formula is C36H54Cl3SiTi. The fraction of sp³-hybridized carbons (Fsp3) is 0.556. The molecule has 0 saturated carbocycles. The maximum Gasteiger partial charge on any atom is -1.00 e. The van der Waals surface area contributed by atoms with Crippen LogP contribution < -0.4 is 42.4 Å². The summed E-state index contributed by atoms with van der Waals surface area (Å²) < 4.78 is 1.78. The minimum absolute atomic E-state index is 0. The smallest absolute Gasteiger partial charge is 1.00 e. The van der Waals surface area contributed by atoms with Crippen molar-refractivity contribution in [1.82, 2.24) is 0 Å². The van der Waals surface area contributed by atoms with Gasteiger partial charge in [0.25, 0.3) is 0 Å². The van der Waals surface area contributed by atoms with Crippen molar-refractivity contribution in [2.45, 2.75) is 129 Å². The van der Waals surface area contributed by atoms with Gasteiger partial charge in [0.2, 0.25) is 0 Å². The molecule has 0 heterocycles. The molecular weight excluding hydrogens is 615 g/mol. The van der Waals surface area contributed by atoms with E-state index in [1.165, 1.54) is 126 Å². The van der Waals surface area contributed by atoms with E-state index in [1.54, 1.807) is 9.06 Å². The summed E-state index contributed by atoms with van der Waals surface area (Å²) in [6.45, 7) is 5.01. The van der Waals surface area contributed by atoms with Gasteiger partial charge in [0.15, 0.2) is 0 Å². The van der Waals surface area contributed by atoms with Crippen molar-refractivity contribution in [3.05, 3.63) is 82.3 Å². The summed E-state index contributed by atoms with van der Waals surface area (Å²) in [5, 5.41) is 1.70. The van der Waals surface area contributed by atoms with Gasteiger partial charge in [-0.3, -0.25) is 0 Å². The van der Waals surface area contributed by atoms with Crippen LogP contribution in [-0.2, 0) is 18.4 Å². The summed E-state index contributed by atoms with van der Waals surface area (Å²) in [6.07, 6.45) is 29.4. The standard InChI is InChI=1S/C25H45Si.C11H9.3ClH.Ti/c1-3-4-5-6-7-8-9-10-11-12-13-14-15-16-17-21-24-26(2)25-22-19-18-20-23-25;1-2-6-10(7-3-1)11-8-4-5-9-11;;;;/h18-20,22-23H,3-17,21,24H2,1-2H3;1-3,6-9H,4H2;3*1H;/q;;;;;+3/p-3. The zero-order valence-corrected chi connectivity index (χ0v) is 30.6. The zero-order chi connectivity index (χ0) is 26.7. The van der Waals surface area contributed by atoms with Gasteiger partial charge in [0, 0.05) is 0 Å². The molecule has 227 valence electrons. The van der Waals surface area contributed by atoms with Crippen molar-refractivity contribution >= 4 is 16.7 Å². The van der Waals surface area contributed by atoms with Crippen LogP contribution in [0.25, 0.3) is 5.57 Å². The molecule has 0 aliphatic heterocycles. The molecule has 0 saturated heterocycles. The summed E-state index contributed by atoms with van der Waals surface area (Å²) in [5.74, 6) is -1.40. The second-order valence-corrected chi connectivity index (χ2v) is 23.1. The van der Waals surface area contributed by atoms with E-state index in [9.17, 15) is 0 Å². The third kappa shape index (κ3) is 16.4. The largest absolute Gasteiger partial charge is 1.00 e. The Kier molecular flexibility index (Phi) is 24.9. The predicted molar refractivity (Wildman–Crippen MR) is 169 cm³/mol. The third-order valence-electron chi connectivity index (χ3n) is 8.36. The first kappa shape index (κ1) is 40.7. The van der Waals surface area contributed by atoms with Crippen LogP contribution >= 0.6 is 0 Å². The van der Waals surface area contributed by atoms with E-state index in [-0.39, 0.29) is 55.6 Å². The van der Waals surface area contributed by atoms with Gasteiger partial charge < -0.3 is 37.2 Å². The van der Waals surface area contributed by atoms with Gasteiger partial charge in [-0.2, -0.15) is 0 Å². The van der Waals surface area contributed by atoms with Crippen LogP contribution in [-0.4, -0.2) is 5.94 Å². The van der Waals surface area contributed by atoms with Gasteiger partial charge >= 0.3 is 201 Å². The van der Waals surface area contributed by atoms with Gasteiger partial charge in [0.05, 0.1) is 0 Å². The summed E-state index contributed by atoms with van der Waals surface area (Å²) in [6, 6.07) is 24.1. The second-order valence-electron chi connectivity index (χ2n) is 11.8. The molecule has 41 heavy (non-hydrogen) atoms. The molecule has 1 aliphatic rings. The molecule has 0 bridgehead atoms.